The van der Waals surface area contributed by atoms with Crippen LogP contribution in [0.1, 0.15) is 34.4 Å². The average Bonchev–Trinajstić information content (AvgIpc) is 3.31. The van der Waals surface area contributed by atoms with Gasteiger partial charge in [-0.15, -0.1) is 0 Å². The molecule has 0 saturated carbocycles. The van der Waals surface area contributed by atoms with E-state index in [1.165, 1.54) is 5.56 Å². The normalized spacial score (nSPS) is 18.5. The molecule has 0 aliphatic carbocycles. The van der Waals surface area contributed by atoms with Crippen LogP contribution in [-0.2, 0) is 0 Å². The number of nitrogens with zero attached hydrogens (tertiary/aromatic N) is 3. The highest BCUT2D eigenvalue weighted by Crippen LogP contribution is 2.51. The summed E-state index contributed by atoms with van der Waals surface area (Å²) in [6, 6.07) is 22.6. The van der Waals surface area contributed by atoms with Crippen LogP contribution in [0.25, 0.3) is 5.70 Å². The van der Waals surface area contributed by atoms with Gasteiger partial charge in [0, 0.05) is 11.1 Å². The van der Waals surface area contributed by atoms with Crippen LogP contribution in [0.2, 0.25) is 0 Å². The maximum absolute atomic E-state index is 6.69. The van der Waals surface area contributed by atoms with E-state index in [1.807, 2.05) is 22.9 Å². The molecule has 1 N–H and O–H groups in total. The third kappa shape index (κ3) is 3.23. The number of nitrogens with one attached hydrogen (secondary N) is 1. The van der Waals surface area contributed by atoms with Crippen LogP contribution in [0.3, 0.4) is 0 Å². The van der Waals surface area contributed by atoms with Gasteiger partial charge >= 0.3 is 0 Å². The topological polar surface area (TPSA) is 61.2 Å². The Morgan fingerprint density at radius 1 is 1.03 bits per heavy atom. The molecule has 33 heavy (non-hydrogen) atoms. The third-order valence-corrected chi connectivity index (χ3v) is 6.78. The number of hydrogen-bond donors (Lipinski definition) is 1. The highest BCUT2D eigenvalue weighted by Gasteiger charge is 2.41. The van der Waals surface area contributed by atoms with Crippen LogP contribution < -0.4 is 14.8 Å². The van der Waals surface area contributed by atoms with E-state index < -0.39 is 0 Å². The summed E-state index contributed by atoms with van der Waals surface area (Å²) in [5, 5.41) is 8.13. The summed E-state index contributed by atoms with van der Waals surface area (Å²) in [7, 11) is 1.67. The van der Waals surface area contributed by atoms with Crippen molar-refractivity contribution in [3.05, 3.63) is 105 Å². The lowest BCUT2D eigenvalue weighted by Crippen LogP contribution is -2.32. The minimum Gasteiger partial charge on any atom is -0.496 e. The fourth-order valence-corrected chi connectivity index (χ4v) is 5.22. The van der Waals surface area contributed by atoms with Crippen molar-refractivity contribution in [2.75, 3.05) is 12.4 Å². The number of benzene rings is 3. The van der Waals surface area contributed by atoms with Crippen LogP contribution in [0.15, 0.2) is 83.1 Å². The average molecular weight is 501 g/mol. The predicted octanol–water partition coefficient (Wildman–Crippen LogP) is 5.92. The number of aryl methyl sites for hydroxylation is 1. The molecule has 0 bridgehead atoms. The summed E-state index contributed by atoms with van der Waals surface area (Å²) in [5.74, 6) is 2.33. The molecule has 4 aromatic rings. The van der Waals surface area contributed by atoms with E-state index in [0.29, 0.717) is 5.95 Å². The first kappa shape index (κ1) is 20.1. The van der Waals surface area contributed by atoms with Gasteiger partial charge in [-0.1, -0.05) is 48.0 Å². The fourth-order valence-electron chi connectivity index (χ4n) is 4.66. The van der Waals surface area contributed by atoms with E-state index in [0.717, 1.165) is 43.9 Å². The lowest BCUT2D eigenvalue weighted by atomic mass is 9.84. The van der Waals surface area contributed by atoms with Crippen molar-refractivity contribution in [2.24, 2.45) is 0 Å². The highest BCUT2D eigenvalue weighted by molar-refractivity contribution is 9.10. The van der Waals surface area contributed by atoms with Crippen molar-refractivity contribution in [1.29, 1.82) is 0 Å². The molecule has 0 amide bonds. The van der Waals surface area contributed by atoms with Crippen LogP contribution in [0, 0.1) is 6.92 Å². The Morgan fingerprint density at radius 2 is 1.88 bits per heavy atom. The molecular weight excluding hydrogens is 480 g/mol. The second-order valence-electron chi connectivity index (χ2n) is 8.19. The number of aromatic nitrogens is 3. The molecule has 0 spiro atoms. The zero-order chi connectivity index (χ0) is 22.5. The number of fused-ring (bicyclic) bond motifs is 3. The summed E-state index contributed by atoms with van der Waals surface area (Å²) in [4.78, 5) is 4.50. The second-order valence-corrected chi connectivity index (χ2v) is 9.04. The SMILES string of the molecule is COc1ccc([C@@H]2Oc3ccc(C)cc3C3=C2[C@H](c2ccccc2)n2ncnc2N3)cc1Br. The Kier molecular flexibility index (Phi) is 4.73. The Morgan fingerprint density at radius 3 is 2.67 bits per heavy atom. The molecule has 7 heteroatoms. The van der Waals surface area contributed by atoms with Crippen LogP contribution >= 0.6 is 15.9 Å². The van der Waals surface area contributed by atoms with Gasteiger partial charge < -0.3 is 14.8 Å². The van der Waals surface area contributed by atoms with Gasteiger partial charge in [-0.3, -0.25) is 0 Å². The molecule has 2 aliphatic heterocycles. The summed E-state index contributed by atoms with van der Waals surface area (Å²) in [5.41, 5.74) is 6.45. The van der Waals surface area contributed by atoms with Crippen LogP contribution in [0.4, 0.5) is 5.95 Å². The van der Waals surface area contributed by atoms with Gasteiger partial charge in [0.2, 0.25) is 5.95 Å². The van der Waals surface area contributed by atoms with Gasteiger partial charge in [0.25, 0.3) is 0 Å². The van der Waals surface area contributed by atoms with Crippen molar-refractivity contribution >= 4 is 27.6 Å². The molecule has 1 aromatic heterocycles. The van der Waals surface area contributed by atoms with E-state index in [9.17, 15) is 0 Å². The Labute approximate surface area is 200 Å². The first-order chi connectivity index (χ1) is 16.1. The van der Waals surface area contributed by atoms with E-state index >= 15 is 0 Å². The quantitative estimate of drug-likeness (QED) is 0.378. The number of ether oxygens (including phenoxy) is 2. The molecule has 164 valence electrons. The molecule has 0 fully saturated rings. The van der Waals surface area contributed by atoms with E-state index in [4.69, 9.17) is 9.47 Å². The van der Waals surface area contributed by atoms with Crippen molar-refractivity contribution in [2.45, 2.75) is 19.1 Å². The molecule has 3 aromatic carbocycles. The lowest BCUT2D eigenvalue weighted by molar-refractivity contribution is 0.223. The second kappa shape index (κ2) is 7.78. The smallest absolute Gasteiger partial charge is 0.226 e. The summed E-state index contributed by atoms with van der Waals surface area (Å²) < 4.78 is 15.0. The van der Waals surface area contributed by atoms with Crippen molar-refractivity contribution in [3.63, 3.8) is 0 Å². The number of methoxy groups -OCH3 is 1. The maximum Gasteiger partial charge on any atom is 0.226 e. The lowest BCUT2D eigenvalue weighted by Gasteiger charge is -2.39. The van der Waals surface area contributed by atoms with Crippen molar-refractivity contribution in [3.8, 4) is 11.5 Å². The molecule has 2 atom stereocenters. The Hall–Kier alpha value is -3.58. The summed E-state index contributed by atoms with van der Waals surface area (Å²) in [6.45, 7) is 2.09. The minimum absolute atomic E-state index is 0.167. The molecule has 0 saturated heterocycles. The molecule has 6 rings (SSSR count). The van der Waals surface area contributed by atoms with E-state index in [2.05, 4.69) is 86.8 Å². The zero-order valence-electron chi connectivity index (χ0n) is 18.1. The van der Waals surface area contributed by atoms with Gasteiger partial charge in [0.05, 0.1) is 17.3 Å². The number of anilines is 1. The van der Waals surface area contributed by atoms with Crippen molar-refractivity contribution in [1.82, 2.24) is 14.8 Å². The maximum atomic E-state index is 6.69. The molecular formula is C26H21BrN4O2. The standard InChI is InChI=1S/C26H21BrN4O2/c1-15-8-10-20-18(12-15)23-22(25(33-20)17-9-11-21(32-2)19(27)13-17)24(16-6-4-3-5-7-16)31-26(30-23)28-14-29-31/h3-14,24-25H,1-2H3,(H,28,29,30)/t24-,25-/m0/s1. The molecule has 3 heterocycles. The largest absolute Gasteiger partial charge is 0.496 e. The Balaban J connectivity index is 1.62. The van der Waals surface area contributed by atoms with Gasteiger partial charge in [-0.25, -0.2) is 4.68 Å². The molecule has 0 unspecified atom stereocenters. The van der Waals surface area contributed by atoms with Gasteiger partial charge in [-0.2, -0.15) is 10.1 Å². The van der Waals surface area contributed by atoms with Gasteiger partial charge in [0.1, 0.15) is 30.0 Å². The monoisotopic (exact) mass is 500 g/mol. The van der Waals surface area contributed by atoms with E-state index in [1.54, 1.807) is 13.4 Å². The van der Waals surface area contributed by atoms with Crippen LogP contribution in [0.5, 0.6) is 11.5 Å². The van der Waals surface area contributed by atoms with Gasteiger partial charge in [0.15, 0.2) is 0 Å². The number of halogens is 1. The summed E-state index contributed by atoms with van der Waals surface area (Å²) >= 11 is 3.64. The minimum atomic E-state index is -0.326. The third-order valence-electron chi connectivity index (χ3n) is 6.16. The predicted molar refractivity (Wildman–Crippen MR) is 130 cm³/mol. The molecule has 0 radical (unpaired) electrons. The van der Waals surface area contributed by atoms with Crippen molar-refractivity contribution < 1.29 is 9.47 Å². The highest BCUT2D eigenvalue weighted by atomic mass is 79.9. The first-order valence-electron chi connectivity index (χ1n) is 10.7. The number of hydrogen-bond acceptors (Lipinski definition) is 5. The van der Waals surface area contributed by atoms with Gasteiger partial charge in [-0.05, 0) is 58.2 Å². The zero-order valence-corrected chi connectivity index (χ0v) is 19.7. The van der Waals surface area contributed by atoms with Crippen LogP contribution in [-0.4, -0.2) is 21.9 Å². The molecule has 6 nitrogen and oxygen atoms in total. The van der Waals surface area contributed by atoms with E-state index in [-0.39, 0.29) is 12.1 Å². The molecule has 2 aliphatic rings. The summed E-state index contributed by atoms with van der Waals surface area (Å²) in [6.07, 6.45) is 1.26. The fraction of sp³-hybridized carbons (Fsp3) is 0.154. The first-order valence-corrected chi connectivity index (χ1v) is 11.5. The Bertz CT molecular complexity index is 1400. The number of rotatable bonds is 3.